The minimum atomic E-state index is -0.512. The van der Waals surface area contributed by atoms with Crippen LogP contribution in [0.2, 0.25) is 0 Å². The molecule has 2 heterocycles. The van der Waals surface area contributed by atoms with Crippen LogP contribution < -0.4 is 21.7 Å². The largest absolute Gasteiger partial charge is 0.334 e. The second-order valence-electron chi connectivity index (χ2n) is 5.60. The third kappa shape index (κ3) is 2.51. The Kier molecular flexibility index (Phi) is 3.46. The van der Waals surface area contributed by atoms with Gasteiger partial charge in [-0.3, -0.25) is 20.2 Å². The number of nitrogens with one attached hydrogen (secondary N) is 2. The highest BCUT2D eigenvalue weighted by Gasteiger charge is 2.23. The van der Waals surface area contributed by atoms with Gasteiger partial charge < -0.3 is 0 Å². The number of aromatic amines is 1. The Morgan fingerprint density at radius 2 is 1.56 bits per heavy atom. The SMILES string of the molecule is CN1NC(c2ccccc2)=Nc2c1[nH]c(=O)n(-c1ccccc1)c2=O. The van der Waals surface area contributed by atoms with Crippen molar-refractivity contribution in [3.63, 3.8) is 0 Å². The summed E-state index contributed by atoms with van der Waals surface area (Å²) in [5.74, 6) is 0.876. The number of para-hydroxylation sites is 1. The number of amidine groups is 1. The number of hydrogen-bond acceptors (Lipinski definition) is 5. The Hall–Kier alpha value is -3.61. The molecule has 0 saturated heterocycles. The zero-order chi connectivity index (χ0) is 17.4. The zero-order valence-electron chi connectivity index (χ0n) is 13.4. The summed E-state index contributed by atoms with van der Waals surface area (Å²) in [6.07, 6.45) is 0. The van der Waals surface area contributed by atoms with Crippen molar-refractivity contribution in [2.75, 3.05) is 12.1 Å². The summed E-state index contributed by atoms with van der Waals surface area (Å²) < 4.78 is 1.09. The molecule has 0 amide bonds. The van der Waals surface area contributed by atoms with Crippen molar-refractivity contribution in [1.29, 1.82) is 0 Å². The van der Waals surface area contributed by atoms with E-state index in [0.29, 0.717) is 17.3 Å². The average molecular weight is 333 g/mol. The summed E-state index contributed by atoms with van der Waals surface area (Å²) in [5, 5.41) is 1.59. The fourth-order valence-corrected chi connectivity index (χ4v) is 2.75. The molecule has 7 heteroatoms. The lowest BCUT2D eigenvalue weighted by atomic mass is 10.2. The van der Waals surface area contributed by atoms with Crippen molar-refractivity contribution in [3.8, 4) is 5.69 Å². The van der Waals surface area contributed by atoms with Crippen LogP contribution in [0.5, 0.6) is 0 Å². The molecule has 0 fully saturated rings. The van der Waals surface area contributed by atoms with E-state index in [0.717, 1.165) is 10.1 Å². The van der Waals surface area contributed by atoms with E-state index >= 15 is 0 Å². The first kappa shape index (κ1) is 14.9. The molecule has 1 aliphatic rings. The van der Waals surface area contributed by atoms with Crippen molar-refractivity contribution in [3.05, 3.63) is 87.1 Å². The maximum absolute atomic E-state index is 12.9. The minimum Gasteiger partial charge on any atom is -0.290 e. The highest BCUT2D eigenvalue weighted by Crippen LogP contribution is 2.23. The number of benzene rings is 2. The van der Waals surface area contributed by atoms with Gasteiger partial charge in [-0.25, -0.2) is 14.4 Å². The van der Waals surface area contributed by atoms with Crippen LogP contribution in [0.1, 0.15) is 5.56 Å². The number of rotatable bonds is 2. The van der Waals surface area contributed by atoms with Crippen LogP contribution >= 0.6 is 0 Å². The Balaban J connectivity index is 1.96. The van der Waals surface area contributed by atoms with Gasteiger partial charge in [-0.2, -0.15) is 0 Å². The maximum atomic E-state index is 12.9. The topological polar surface area (TPSA) is 82.5 Å². The number of hydrazine groups is 1. The normalized spacial score (nSPS) is 13.0. The molecule has 0 atom stereocenters. The average Bonchev–Trinajstić information content (AvgIpc) is 2.64. The molecular weight excluding hydrogens is 318 g/mol. The first-order chi connectivity index (χ1) is 12.1. The molecule has 0 aliphatic carbocycles. The quantitative estimate of drug-likeness (QED) is 0.745. The Labute approximate surface area is 142 Å². The zero-order valence-corrected chi connectivity index (χ0v) is 13.4. The predicted molar refractivity (Wildman–Crippen MR) is 96.8 cm³/mol. The summed E-state index contributed by atoms with van der Waals surface area (Å²) in [7, 11) is 1.72. The van der Waals surface area contributed by atoms with Gasteiger partial charge in [0.2, 0.25) is 0 Å². The van der Waals surface area contributed by atoms with Crippen molar-refractivity contribution in [1.82, 2.24) is 15.0 Å². The fraction of sp³-hybridized carbons (Fsp3) is 0.0556. The molecule has 0 bridgehead atoms. The summed E-state index contributed by atoms with van der Waals surface area (Å²) in [4.78, 5) is 32.5. The van der Waals surface area contributed by atoms with Gasteiger partial charge in [0.05, 0.1) is 5.69 Å². The fourth-order valence-electron chi connectivity index (χ4n) is 2.75. The van der Waals surface area contributed by atoms with Gasteiger partial charge in [-0.15, -0.1) is 0 Å². The number of aliphatic imine (C=N–C) groups is 1. The summed E-state index contributed by atoms with van der Waals surface area (Å²) in [5.41, 5.74) is 3.61. The van der Waals surface area contributed by atoms with Crippen molar-refractivity contribution >= 4 is 17.3 Å². The van der Waals surface area contributed by atoms with Crippen LogP contribution in [-0.2, 0) is 0 Å². The molecule has 0 saturated carbocycles. The van der Waals surface area contributed by atoms with Crippen LogP contribution in [0.15, 0.2) is 75.2 Å². The van der Waals surface area contributed by atoms with Gasteiger partial charge in [-0.1, -0.05) is 48.5 Å². The Morgan fingerprint density at radius 1 is 0.920 bits per heavy atom. The van der Waals surface area contributed by atoms with Gasteiger partial charge in [0.25, 0.3) is 5.56 Å². The number of fused-ring (bicyclic) bond motifs is 1. The monoisotopic (exact) mass is 333 g/mol. The smallest absolute Gasteiger partial charge is 0.290 e. The number of hydrogen-bond donors (Lipinski definition) is 2. The molecule has 1 aliphatic heterocycles. The van der Waals surface area contributed by atoms with Crippen LogP contribution in [0.25, 0.3) is 5.69 Å². The molecule has 4 rings (SSSR count). The lowest BCUT2D eigenvalue weighted by Gasteiger charge is -2.27. The number of nitrogens with zero attached hydrogens (tertiary/aromatic N) is 3. The third-order valence-corrected chi connectivity index (χ3v) is 3.95. The first-order valence-corrected chi connectivity index (χ1v) is 7.74. The minimum absolute atomic E-state index is 0.184. The van der Waals surface area contributed by atoms with Gasteiger partial charge >= 0.3 is 5.69 Å². The van der Waals surface area contributed by atoms with E-state index < -0.39 is 11.2 Å². The molecule has 124 valence electrons. The van der Waals surface area contributed by atoms with Gasteiger partial charge in [0.15, 0.2) is 17.3 Å². The molecule has 0 unspecified atom stereocenters. The van der Waals surface area contributed by atoms with E-state index in [4.69, 9.17) is 0 Å². The van der Waals surface area contributed by atoms with E-state index in [-0.39, 0.29) is 5.69 Å². The van der Waals surface area contributed by atoms with Crippen LogP contribution in [0, 0.1) is 0 Å². The molecule has 2 aromatic carbocycles. The van der Waals surface area contributed by atoms with Crippen molar-refractivity contribution in [2.24, 2.45) is 4.99 Å². The number of aromatic nitrogens is 2. The highest BCUT2D eigenvalue weighted by atomic mass is 16.2. The molecular formula is C18H15N5O2. The summed E-state index contributed by atoms with van der Waals surface area (Å²) in [6.45, 7) is 0. The van der Waals surface area contributed by atoms with Crippen molar-refractivity contribution in [2.45, 2.75) is 0 Å². The van der Waals surface area contributed by atoms with Gasteiger partial charge in [-0.05, 0) is 12.1 Å². The lowest BCUT2D eigenvalue weighted by Crippen LogP contribution is -2.46. The third-order valence-electron chi connectivity index (χ3n) is 3.95. The predicted octanol–water partition coefficient (Wildman–Crippen LogP) is 1.56. The van der Waals surface area contributed by atoms with E-state index in [2.05, 4.69) is 15.4 Å². The summed E-state index contributed by atoms with van der Waals surface area (Å²) in [6, 6.07) is 18.3. The van der Waals surface area contributed by atoms with Gasteiger partial charge in [0, 0.05) is 12.6 Å². The molecule has 7 nitrogen and oxygen atoms in total. The second kappa shape index (κ2) is 5.79. The molecule has 0 spiro atoms. The molecule has 3 aromatic rings. The standard InChI is InChI=1S/C18H15N5O2/c1-22-16-14(19-15(21-22)12-8-4-2-5-9-12)17(24)23(18(25)20-16)13-10-6-3-7-11-13/h2-11H,1H3,(H,19,21)(H,20,25). The highest BCUT2D eigenvalue weighted by molar-refractivity contribution is 6.03. The number of H-pyrrole nitrogens is 1. The molecule has 1 aromatic heterocycles. The van der Waals surface area contributed by atoms with Crippen LogP contribution in [0.3, 0.4) is 0 Å². The van der Waals surface area contributed by atoms with E-state index in [1.165, 1.54) is 0 Å². The molecule has 2 N–H and O–H groups in total. The Morgan fingerprint density at radius 3 is 2.24 bits per heavy atom. The van der Waals surface area contributed by atoms with E-state index in [1.807, 2.05) is 36.4 Å². The van der Waals surface area contributed by atoms with Gasteiger partial charge in [0.1, 0.15) is 0 Å². The van der Waals surface area contributed by atoms with E-state index in [9.17, 15) is 9.59 Å². The molecule has 25 heavy (non-hydrogen) atoms. The second-order valence-corrected chi connectivity index (χ2v) is 5.60. The lowest BCUT2D eigenvalue weighted by molar-refractivity contribution is 0.793. The van der Waals surface area contributed by atoms with E-state index in [1.54, 1.807) is 36.3 Å². The maximum Gasteiger partial charge on any atom is 0.334 e. The van der Waals surface area contributed by atoms with Crippen molar-refractivity contribution < 1.29 is 0 Å². The summed E-state index contributed by atoms with van der Waals surface area (Å²) >= 11 is 0. The van der Waals surface area contributed by atoms with Crippen LogP contribution in [0.4, 0.5) is 11.5 Å². The number of anilines is 1. The van der Waals surface area contributed by atoms with Crippen LogP contribution in [-0.4, -0.2) is 22.4 Å². The first-order valence-electron chi connectivity index (χ1n) is 7.74. The Bertz CT molecular complexity index is 1070. The molecule has 0 radical (unpaired) electrons.